The van der Waals surface area contributed by atoms with E-state index in [4.69, 9.17) is 14.2 Å². The van der Waals surface area contributed by atoms with Crippen molar-refractivity contribution in [1.29, 1.82) is 0 Å². The zero-order chi connectivity index (χ0) is 10.8. The zero-order valence-electron chi connectivity index (χ0n) is 8.14. The topological polar surface area (TPSA) is 44.8 Å². The van der Waals surface area contributed by atoms with Crippen LogP contribution in [0.15, 0.2) is 0 Å². The third kappa shape index (κ3) is 7.49. The van der Waals surface area contributed by atoms with Crippen LogP contribution in [0.2, 0.25) is 0 Å². The van der Waals surface area contributed by atoms with Gasteiger partial charge in [0.25, 0.3) is 0 Å². The summed E-state index contributed by atoms with van der Waals surface area (Å²) in [6.07, 6.45) is 0. The maximum Gasteiger partial charge on any atom is 0.319 e. The highest BCUT2D eigenvalue weighted by Gasteiger charge is 2.12. The maximum absolute atomic E-state index is 11.0. The normalized spacial score (nSPS) is 12.5. The summed E-state index contributed by atoms with van der Waals surface area (Å²) in [5.74, 6) is 0.00520. The number of esters is 1. The second kappa shape index (κ2) is 9.64. The second-order valence-electron chi connectivity index (χ2n) is 2.47. The smallest absolute Gasteiger partial charge is 0.319 e. The molecule has 0 heterocycles. The lowest BCUT2D eigenvalue weighted by Gasteiger charge is -2.08. The molecule has 0 aromatic heterocycles. The quantitative estimate of drug-likeness (QED) is 0.367. The molecular weight excluding hydrogens is 224 g/mol. The van der Waals surface area contributed by atoms with Gasteiger partial charge < -0.3 is 14.2 Å². The fraction of sp³-hybridized carbons (Fsp3) is 0.875. The van der Waals surface area contributed by atoms with E-state index in [2.05, 4.69) is 25.3 Å². The summed E-state index contributed by atoms with van der Waals surface area (Å²) in [5.41, 5.74) is 0. The standard InChI is InChI=1S/C8H16O4S2/c1-10-2-3-11-4-5-12-8(9)7(14)6-13/h7,13-14H,2-6H2,1H3. The molecule has 0 rings (SSSR count). The molecule has 0 fully saturated rings. The van der Waals surface area contributed by atoms with Crippen LogP contribution >= 0.6 is 25.3 Å². The lowest BCUT2D eigenvalue weighted by Crippen LogP contribution is -2.21. The molecule has 0 spiro atoms. The largest absolute Gasteiger partial charge is 0.462 e. The molecular formula is C8H16O4S2. The van der Waals surface area contributed by atoms with Gasteiger partial charge in [-0.3, -0.25) is 4.79 Å². The molecule has 14 heavy (non-hydrogen) atoms. The Bertz CT molecular complexity index is 154. The predicted molar refractivity (Wildman–Crippen MR) is 60.3 cm³/mol. The third-order valence-electron chi connectivity index (χ3n) is 1.35. The van der Waals surface area contributed by atoms with E-state index in [0.29, 0.717) is 25.6 Å². The van der Waals surface area contributed by atoms with Crippen LogP contribution < -0.4 is 0 Å². The van der Waals surface area contributed by atoms with Gasteiger partial charge >= 0.3 is 5.97 Å². The van der Waals surface area contributed by atoms with E-state index >= 15 is 0 Å². The Labute approximate surface area is 95.1 Å². The number of ether oxygens (including phenoxy) is 3. The van der Waals surface area contributed by atoms with Crippen molar-refractivity contribution in [3.63, 3.8) is 0 Å². The minimum Gasteiger partial charge on any atom is -0.462 e. The first-order valence-corrected chi connectivity index (χ1v) is 5.39. The van der Waals surface area contributed by atoms with Gasteiger partial charge in [0.1, 0.15) is 11.9 Å². The number of hydrogen-bond donors (Lipinski definition) is 2. The summed E-state index contributed by atoms with van der Waals surface area (Å²) in [4.78, 5) is 11.0. The van der Waals surface area contributed by atoms with Crippen LogP contribution in [0.1, 0.15) is 0 Å². The Hall–Kier alpha value is 0.0900. The van der Waals surface area contributed by atoms with Crippen molar-refractivity contribution < 1.29 is 19.0 Å². The molecule has 0 N–H and O–H groups in total. The van der Waals surface area contributed by atoms with Crippen molar-refractivity contribution in [1.82, 2.24) is 0 Å². The van der Waals surface area contributed by atoms with E-state index in [1.54, 1.807) is 7.11 Å². The Morgan fingerprint density at radius 3 is 2.50 bits per heavy atom. The van der Waals surface area contributed by atoms with Gasteiger partial charge in [0, 0.05) is 12.9 Å². The average Bonchev–Trinajstić information content (AvgIpc) is 2.21. The number of rotatable bonds is 8. The summed E-state index contributed by atoms with van der Waals surface area (Å²) in [5, 5.41) is -0.461. The summed E-state index contributed by atoms with van der Waals surface area (Å²) in [6.45, 7) is 1.67. The second-order valence-corrected chi connectivity index (χ2v) is 3.46. The van der Waals surface area contributed by atoms with Crippen molar-refractivity contribution in [2.45, 2.75) is 5.25 Å². The highest BCUT2D eigenvalue weighted by molar-refractivity contribution is 7.85. The molecule has 84 valence electrons. The number of carbonyl (C=O) groups is 1. The first-order valence-electron chi connectivity index (χ1n) is 4.24. The van der Waals surface area contributed by atoms with E-state index in [9.17, 15) is 4.79 Å². The maximum atomic E-state index is 11.0. The van der Waals surface area contributed by atoms with Gasteiger partial charge in [-0.1, -0.05) is 0 Å². The third-order valence-corrected chi connectivity index (χ3v) is 2.40. The number of methoxy groups -OCH3 is 1. The molecule has 0 aromatic carbocycles. The van der Waals surface area contributed by atoms with Crippen LogP contribution in [0.5, 0.6) is 0 Å². The molecule has 6 heteroatoms. The minimum atomic E-state index is -0.461. The molecule has 0 aromatic rings. The Morgan fingerprint density at radius 2 is 1.93 bits per heavy atom. The van der Waals surface area contributed by atoms with Crippen LogP contribution in [-0.4, -0.2) is 50.5 Å². The number of thiol groups is 2. The molecule has 0 radical (unpaired) electrons. The van der Waals surface area contributed by atoms with E-state index in [0.717, 1.165) is 0 Å². The van der Waals surface area contributed by atoms with Gasteiger partial charge in [0.15, 0.2) is 0 Å². The molecule has 0 saturated carbocycles. The van der Waals surface area contributed by atoms with Gasteiger partial charge in [-0.2, -0.15) is 25.3 Å². The van der Waals surface area contributed by atoms with Crippen LogP contribution in [0.25, 0.3) is 0 Å². The predicted octanol–water partition coefficient (Wildman–Crippen LogP) is 0.421. The van der Waals surface area contributed by atoms with Crippen molar-refractivity contribution in [2.75, 3.05) is 39.3 Å². The summed E-state index contributed by atoms with van der Waals surface area (Å²) in [7, 11) is 1.60. The molecule has 0 aliphatic heterocycles. The lowest BCUT2D eigenvalue weighted by molar-refractivity contribution is -0.144. The summed E-state index contributed by atoms with van der Waals surface area (Å²) in [6, 6.07) is 0. The van der Waals surface area contributed by atoms with Crippen LogP contribution in [0, 0.1) is 0 Å². The highest BCUT2D eigenvalue weighted by atomic mass is 32.1. The monoisotopic (exact) mass is 240 g/mol. The first kappa shape index (κ1) is 14.1. The van der Waals surface area contributed by atoms with Crippen LogP contribution in [-0.2, 0) is 19.0 Å². The van der Waals surface area contributed by atoms with Crippen molar-refractivity contribution in [3.8, 4) is 0 Å². The lowest BCUT2D eigenvalue weighted by atomic mass is 10.5. The SMILES string of the molecule is COCCOCCOC(=O)C(S)CS. The fourth-order valence-corrected chi connectivity index (χ4v) is 0.840. The summed E-state index contributed by atoms with van der Waals surface area (Å²) < 4.78 is 14.7. The molecule has 0 aliphatic carbocycles. The van der Waals surface area contributed by atoms with Crippen molar-refractivity contribution in [3.05, 3.63) is 0 Å². The Morgan fingerprint density at radius 1 is 1.29 bits per heavy atom. The molecule has 1 atom stereocenters. The minimum absolute atomic E-state index is 0.243. The van der Waals surface area contributed by atoms with Gasteiger partial charge in [0.2, 0.25) is 0 Å². The van der Waals surface area contributed by atoms with Gasteiger partial charge in [0.05, 0.1) is 19.8 Å². The van der Waals surface area contributed by atoms with E-state index in [1.807, 2.05) is 0 Å². The average molecular weight is 240 g/mol. The zero-order valence-corrected chi connectivity index (χ0v) is 9.93. The van der Waals surface area contributed by atoms with Crippen molar-refractivity contribution >= 4 is 31.2 Å². The van der Waals surface area contributed by atoms with E-state index < -0.39 is 5.25 Å². The molecule has 4 nitrogen and oxygen atoms in total. The molecule has 0 amide bonds. The van der Waals surface area contributed by atoms with Gasteiger partial charge in [-0.15, -0.1) is 0 Å². The molecule has 1 unspecified atom stereocenters. The van der Waals surface area contributed by atoms with Crippen LogP contribution in [0.4, 0.5) is 0 Å². The Kier molecular flexibility index (Phi) is 9.70. The molecule has 0 aliphatic rings. The highest BCUT2D eigenvalue weighted by Crippen LogP contribution is 2.00. The van der Waals surface area contributed by atoms with E-state index in [-0.39, 0.29) is 12.6 Å². The summed E-state index contributed by atoms with van der Waals surface area (Å²) >= 11 is 7.89. The molecule has 0 saturated heterocycles. The fourth-order valence-electron chi connectivity index (χ4n) is 0.616. The molecule has 0 bridgehead atoms. The number of carbonyl (C=O) groups excluding carboxylic acids is 1. The van der Waals surface area contributed by atoms with Gasteiger partial charge in [-0.05, 0) is 0 Å². The van der Waals surface area contributed by atoms with E-state index in [1.165, 1.54) is 0 Å². The Balaban J connectivity index is 3.23. The van der Waals surface area contributed by atoms with Gasteiger partial charge in [-0.25, -0.2) is 0 Å². The number of hydrogen-bond acceptors (Lipinski definition) is 6. The van der Waals surface area contributed by atoms with Crippen LogP contribution in [0.3, 0.4) is 0 Å². The van der Waals surface area contributed by atoms with Crippen molar-refractivity contribution in [2.24, 2.45) is 0 Å². The first-order chi connectivity index (χ1) is 6.72.